The lowest BCUT2D eigenvalue weighted by Gasteiger charge is -2.43. The lowest BCUT2D eigenvalue weighted by molar-refractivity contribution is -0.105. The summed E-state index contributed by atoms with van der Waals surface area (Å²) in [7, 11) is -2.64. The zero-order valence-corrected chi connectivity index (χ0v) is 16.6. The fraction of sp³-hybridized carbons (Fsp3) is 0.429. The highest BCUT2D eigenvalue weighted by Gasteiger charge is 2.51. The summed E-state index contributed by atoms with van der Waals surface area (Å²) in [5.74, 6) is 0. The molecule has 0 aromatic heterocycles. The minimum atomic E-state index is -2.64. The molecule has 4 nitrogen and oxygen atoms in total. The molecular weight excluding hydrogens is 344 g/mol. The van der Waals surface area contributed by atoms with E-state index in [9.17, 15) is 10.2 Å². The van der Waals surface area contributed by atoms with Crippen molar-refractivity contribution in [3.63, 3.8) is 0 Å². The van der Waals surface area contributed by atoms with E-state index in [1.165, 1.54) is 10.4 Å². The number of aliphatic hydroxyl groups excluding tert-OH is 2. The van der Waals surface area contributed by atoms with Crippen molar-refractivity contribution >= 4 is 18.7 Å². The minimum Gasteiger partial charge on any atom is -0.405 e. The third-order valence-corrected chi connectivity index (χ3v) is 10.1. The van der Waals surface area contributed by atoms with Crippen molar-refractivity contribution in [2.24, 2.45) is 0 Å². The van der Waals surface area contributed by atoms with Crippen LogP contribution in [0.4, 0.5) is 0 Å². The summed E-state index contributed by atoms with van der Waals surface area (Å²) in [5.41, 5.74) is 0. The van der Waals surface area contributed by atoms with Crippen LogP contribution in [0, 0.1) is 0 Å². The van der Waals surface area contributed by atoms with Crippen molar-refractivity contribution in [1.29, 1.82) is 0 Å². The van der Waals surface area contributed by atoms with Gasteiger partial charge in [0, 0.05) is 6.42 Å². The normalized spacial score (nSPS) is 24.0. The van der Waals surface area contributed by atoms with Crippen LogP contribution in [0.3, 0.4) is 0 Å². The molecule has 0 saturated carbocycles. The Kier molecular flexibility index (Phi) is 5.65. The van der Waals surface area contributed by atoms with Crippen molar-refractivity contribution in [2.75, 3.05) is 6.61 Å². The largest absolute Gasteiger partial charge is 0.405 e. The first-order valence-electron chi connectivity index (χ1n) is 9.11. The second kappa shape index (κ2) is 7.62. The van der Waals surface area contributed by atoms with Gasteiger partial charge in [0.15, 0.2) is 6.29 Å². The molecule has 1 heterocycles. The van der Waals surface area contributed by atoms with Crippen LogP contribution in [0.25, 0.3) is 0 Å². The second-order valence-electron chi connectivity index (χ2n) is 7.91. The molecular formula is C21H28O4Si. The molecule has 0 spiro atoms. The van der Waals surface area contributed by atoms with Gasteiger partial charge in [0.2, 0.25) is 0 Å². The molecule has 1 aliphatic rings. The predicted octanol–water partition coefficient (Wildman–Crippen LogP) is 2.03. The average Bonchev–Trinajstić information content (AvgIpc) is 2.94. The van der Waals surface area contributed by atoms with Gasteiger partial charge in [-0.05, 0) is 15.4 Å². The highest BCUT2D eigenvalue weighted by Crippen LogP contribution is 2.37. The lowest BCUT2D eigenvalue weighted by Crippen LogP contribution is -2.67. The highest BCUT2D eigenvalue weighted by molar-refractivity contribution is 6.99. The number of hydrogen-bond donors (Lipinski definition) is 2. The van der Waals surface area contributed by atoms with Crippen LogP contribution in [0.15, 0.2) is 60.7 Å². The van der Waals surface area contributed by atoms with Crippen molar-refractivity contribution in [3.05, 3.63) is 60.7 Å². The van der Waals surface area contributed by atoms with Crippen LogP contribution in [-0.4, -0.2) is 43.6 Å². The lowest BCUT2D eigenvalue weighted by atomic mass is 10.2. The van der Waals surface area contributed by atoms with Gasteiger partial charge in [-0.15, -0.1) is 0 Å². The molecule has 5 heteroatoms. The van der Waals surface area contributed by atoms with Gasteiger partial charge in [0.05, 0.1) is 12.7 Å². The van der Waals surface area contributed by atoms with Crippen LogP contribution in [-0.2, 0) is 9.16 Å². The third-order valence-electron chi connectivity index (χ3n) is 5.09. The SMILES string of the molecule is CC(C)(C)[Si](OC[C@H]1OC(O)C[C@@H]1O)(c1ccccc1)c1ccccc1. The molecule has 1 aliphatic heterocycles. The van der Waals surface area contributed by atoms with Crippen LogP contribution in [0.5, 0.6) is 0 Å². The first kappa shape index (κ1) is 19.3. The molecule has 0 amide bonds. The maximum atomic E-state index is 10.2. The Bertz CT molecular complexity index is 659. The van der Waals surface area contributed by atoms with E-state index in [0.29, 0.717) is 0 Å². The van der Waals surface area contributed by atoms with E-state index in [2.05, 4.69) is 45.0 Å². The van der Waals surface area contributed by atoms with Crippen molar-refractivity contribution in [1.82, 2.24) is 0 Å². The van der Waals surface area contributed by atoms with Gasteiger partial charge in [-0.3, -0.25) is 0 Å². The minimum absolute atomic E-state index is 0.127. The summed E-state index contributed by atoms with van der Waals surface area (Å²) in [6.07, 6.45) is -1.90. The highest BCUT2D eigenvalue weighted by atomic mass is 28.4. The van der Waals surface area contributed by atoms with Crippen LogP contribution in [0.2, 0.25) is 5.04 Å². The second-order valence-corrected chi connectivity index (χ2v) is 12.2. The topological polar surface area (TPSA) is 58.9 Å². The van der Waals surface area contributed by atoms with E-state index < -0.39 is 26.8 Å². The van der Waals surface area contributed by atoms with Gasteiger partial charge in [0.25, 0.3) is 8.32 Å². The summed E-state index contributed by atoms with van der Waals surface area (Å²) in [6.45, 7) is 6.88. The zero-order chi connectivity index (χ0) is 18.8. The van der Waals surface area contributed by atoms with Gasteiger partial charge in [-0.1, -0.05) is 81.4 Å². The molecule has 2 aromatic rings. The van der Waals surface area contributed by atoms with Gasteiger partial charge < -0.3 is 19.4 Å². The van der Waals surface area contributed by atoms with E-state index in [4.69, 9.17) is 9.16 Å². The van der Waals surface area contributed by atoms with Crippen LogP contribution in [0.1, 0.15) is 27.2 Å². The quantitative estimate of drug-likeness (QED) is 0.789. The molecule has 1 fully saturated rings. The number of benzene rings is 2. The first-order valence-corrected chi connectivity index (χ1v) is 11.0. The van der Waals surface area contributed by atoms with E-state index >= 15 is 0 Å². The summed E-state index contributed by atoms with van der Waals surface area (Å²) in [5, 5.41) is 22.1. The van der Waals surface area contributed by atoms with E-state index in [1.807, 2.05) is 36.4 Å². The first-order chi connectivity index (χ1) is 12.3. The van der Waals surface area contributed by atoms with Crippen LogP contribution < -0.4 is 10.4 Å². The maximum absolute atomic E-state index is 10.2. The molecule has 0 radical (unpaired) electrons. The van der Waals surface area contributed by atoms with Crippen LogP contribution >= 0.6 is 0 Å². The Morgan fingerprint density at radius 1 is 0.962 bits per heavy atom. The number of rotatable bonds is 5. The van der Waals surface area contributed by atoms with Crippen molar-refractivity contribution < 1.29 is 19.4 Å². The van der Waals surface area contributed by atoms with Gasteiger partial charge in [0.1, 0.15) is 6.10 Å². The van der Waals surface area contributed by atoms with Gasteiger partial charge in [-0.25, -0.2) is 0 Å². The van der Waals surface area contributed by atoms with Crippen molar-refractivity contribution in [3.8, 4) is 0 Å². The fourth-order valence-electron chi connectivity index (χ4n) is 3.83. The van der Waals surface area contributed by atoms with E-state index in [-0.39, 0.29) is 18.1 Å². The monoisotopic (exact) mass is 372 g/mol. The molecule has 26 heavy (non-hydrogen) atoms. The van der Waals surface area contributed by atoms with Crippen molar-refractivity contribution in [2.45, 2.75) is 50.7 Å². The molecule has 0 bridgehead atoms. The van der Waals surface area contributed by atoms with E-state index in [0.717, 1.165) is 0 Å². The molecule has 140 valence electrons. The standard InChI is InChI=1S/C21H28O4Si/c1-21(2,3)26(16-10-6-4-7-11-16,17-12-8-5-9-13-17)24-15-19-18(22)14-20(23)25-19/h4-13,18-20,22-23H,14-15H2,1-3H3/t18-,19+,20?/m0/s1. The van der Waals surface area contributed by atoms with Gasteiger partial charge >= 0.3 is 0 Å². The summed E-state index contributed by atoms with van der Waals surface area (Å²) < 4.78 is 12.2. The molecule has 0 aliphatic carbocycles. The Morgan fingerprint density at radius 3 is 1.85 bits per heavy atom. The number of aliphatic hydroxyl groups is 2. The Hall–Kier alpha value is -1.50. The Labute approximate surface area is 156 Å². The molecule has 2 N–H and O–H groups in total. The predicted molar refractivity (Wildman–Crippen MR) is 105 cm³/mol. The average molecular weight is 373 g/mol. The molecule has 1 unspecified atom stereocenters. The third kappa shape index (κ3) is 3.63. The van der Waals surface area contributed by atoms with Gasteiger partial charge in [-0.2, -0.15) is 0 Å². The Balaban J connectivity index is 2.03. The maximum Gasteiger partial charge on any atom is 0.261 e. The number of ether oxygens (including phenoxy) is 1. The number of hydrogen-bond acceptors (Lipinski definition) is 4. The molecule has 2 aromatic carbocycles. The molecule has 3 rings (SSSR count). The summed E-state index contributed by atoms with van der Waals surface area (Å²) >= 11 is 0. The fourth-order valence-corrected chi connectivity index (χ4v) is 8.40. The Morgan fingerprint density at radius 2 is 1.46 bits per heavy atom. The zero-order valence-electron chi connectivity index (χ0n) is 15.6. The molecule has 1 saturated heterocycles. The molecule has 3 atom stereocenters. The van der Waals surface area contributed by atoms with E-state index in [1.54, 1.807) is 0 Å². The summed E-state index contributed by atoms with van der Waals surface area (Å²) in [4.78, 5) is 0. The summed E-state index contributed by atoms with van der Waals surface area (Å²) in [6, 6.07) is 20.7. The smallest absolute Gasteiger partial charge is 0.261 e.